The van der Waals surface area contributed by atoms with Gasteiger partial charge < -0.3 is 15.2 Å². The SMILES string of the molecule is O=C(NCc1cccnc1)C1(CO)COC1. The summed E-state index contributed by atoms with van der Waals surface area (Å²) in [7, 11) is 0. The van der Waals surface area contributed by atoms with Gasteiger partial charge in [-0.15, -0.1) is 0 Å². The van der Waals surface area contributed by atoms with Crippen LogP contribution in [-0.2, 0) is 16.1 Å². The summed E-state index contributed by atoms with van der Waals surface area (Å²) in [5.41, 5.74) is 0.201. The van der Waals surface area contributed by atoms with Crippen molar-refractivity contribution in [3.63, 3.8) is 0 Å². The molecule has 1 aliphatic heterocycles. The molecule has 0 aromatic carbocycles. The van der Waals surface area contributed by atoms with E-state index >= 15 is 0 Å². The van der Waals surface area contributed by atoms with Gasteiger partial charge in [0.15, 0.2) is 0 Å². The summed E-state index contributed by atoms with van der Waals surface area (Å²) in [6, 6.07) is 3.70. The maximum Gasteiger partial charge on any atom is 0.233 e. The Balaban J connectivity index is 1.89. The largest absolute Gasteiger partial charge is 0.395 e. The number of amides is 1. The summed E-state index contributed by atoms with van der Waals surface area (Å²) < 4.78 is 4.97. The number of nitrogens with one attached hydrogen (secondary N) is 1. The number of hydrogen-bond acceptors (Lipinski definition) is 4. The minimum absolute atomic E-state index is 0.162. The lowest BCUT2D eigenvalue weighted by Crippen LogP contribution is -2.56. The number of aliphatic hydroxyl groups is 1. The molecule has 5 nitrogen and oxygen atoms in total. The van der Waals surface area contributed by atoms with Gasteiger partial charge in [0.25, 0.3) is 0 Å². The molecule has 16 heavy (non-hydrogen) atoms. The van der Waals surface area contributed by atoms with E-state index in [9.17, 15) is 4.79 Å². The summed E-state index contributed by atoms with van der Waals surface area (Å²) in [5, 5.41) is 11.9. The lowest BCUT2D eigenvalue weighted by atomic mass is 9.86. The molecular weight excluding hydrogens is 208 g/mol. The first-order valence-corrected chi connectivity index (χ1v) is 5.13. The average molecular weight is 222 g/mol. The average Bonchev–Trinajstić information content (AvgIpc) is 2.27. The van der Waals surface area contributed by atoms with E-state index in [4.69, 9.17) is 9.84 Å². The zero-order chi connectivity index (χ0) is 11.4. The molecule has 0 saturated carbocycles. The predicted octanol–water partition coefficient (Wildman–Crippen LogP) is -0.293. The number of carbonyl (C=O) groups is 1. The highest BCUT2D eigenvalue weighted by atomic mass is 16.5. The number of rotatable bonds is 4. The highest BCUT2D eigenvalue weighted by Crippen LogP contribution is 2.26. The Hall–Kier alpha value is -1.46. The van der Waals surface area contributed by atoms with E-state index in [0.717, 1.165) is 5.56 Å². The van der Waals surface area contributed by atoms with Gasteiger partial charge >= 0.3 is 0 Å². The van der Waals surface area contributed by atoms with Gasteiger partial charge in [0.1, 0.15) is 5.41 Å². The van der Waals surface area contributed by atoms with Crippen molar-refractivity contribution in [3.8, 4) is 0 Å². The Morgan fingerprint density at radius 2 is 2.44 bits per heavy atom. The number of aromatic nitrogens is 1. The van der Waals surface area contributed by atoms with Crippen LogP contribution in [0.2, 0.25) is 0 Å². The fourth-order valence-corrected chi connectivity index (χ4v) is 1.52. The van der Waals surface area contributed by atoms with Crippen LogP contribution in [0.5, 0.6) is 0 Å². The summed E-state index contributed by atoms with van der Waals surface area (Å²) in [6.07, 6.45) is 3.38. The molecule has 1 fully saturated rings. The lowest BCUT2D eigenvalue weighted by molar-refractivity contribution is -0.170. The van der Waals surface area contributed by atoms with Crippen LogP contribution in [0.15, 0.2) is 24.5 Å². The van der Waals surface area contributed by atoms with Crippen LogP contribution in [0, 0.1) is 5.41 Å². The molecular formula is C11H14N2O3. The molecule has 2 N–H and O–H groups in total. The molecule has 0 radical (unpaired) electrons. The van der Waals surface area contributed by atoms with Crippen LogP contribution < -0.4 is 5.32 Å². The first-order chi connectivity index (χ1) is 7.77. The van der Waals surface area contributed by atoms with Crippen molar-refractivity contribution in [2.45, 2.75) is 6.54 Å². The Labute approximate surface area is 93.5 Å². The number of aliphatic hydroxyl groups excluding tert-OH is 1. The van der Waals surface area contributed by atoms with E-state index in [1.807, 2.05) is 12.1 Å². The van der Waals surface area contributed by atoms with E-state index in [1.54, 1.807) is 12.4 Å². The normalized spacial score (nSPS) is 17.6. The maximum absolute atomic E-state index is 11.8. The summed E-state index contributed by atoms with van der Waals surface area (Å²) in [6.45, 7) is 0.838. The summed E-state index contributed by atoms with van der Waals surface area (Å²) in [5.74, 6) is -0.162. The molecule has 86 valence electrons. The third-order valence-electron chi connectivity index (χ3n) is 2.72. The molecule has 0 spiro atoms. The molecule has 1 saturated heterocycles. The van der Waals surface area contributed by atoms with Crippen LogP contribution in [0.25, 0.3) is 0 Å². The molecule has 5 heteroatoms. The Morgan fingerprint density at radius 3 is 2.94 bits per heavy atom. The second kappa shape index (κ2) is 4.59. The first kappa shape index (κ1) is 11.0. The van der Waals surface area contributed by atoms with Crippen molar-refractivity contribution in [2.75, 3.05) is 19.8 Å². The number of carbonyl (C=O) groups excluding carboxylic acids is 1. The highest BCUT2D eigenvalue weighted by Gasteiger charge is 2.45. The van der Waals surface area contributed by atoms with Gasteiger partial charge in [-0.05, 0) is 11.6 Å². The van der Waals surface area contributed by atoms with Gasteiger partial charge in [0.05, 0.1) is 19.8 Å². The van der Waals surface area contributed by atoms with Crippen molar-refractivity contribution in [1.82, 2.24) is 10.3 Å². The van der Waals surface area contributed by atoms with Crippen LogP contribution in [0.3, 0.4) is 0 Å². The van der Waals surface area contributed by atoms with Crippen molar-refractivity contribution in [3.05, 3.63) is 30.1 Å². The number of pyridine rings is 1. The predicted molar refractivity (Wildman–Crippen MR) is 56.4 cm³/mol. The quantitative estimate of drug-likeness (QED) is 0.734. The standard InChI is InChI=1S/C11H14N2O3/c14-6-11(7-16-8-11)10(15)13-5-9-2-1-3-12-4-9/h1-4,14H,5-8H2,(H,13,15). The van der Waals surface area contributed by atoms with E-state index in [2.05, 4.69) is 10.3 Å². The summed E-state index contributed by atoms with van der Waals surface area (Å²) >= 11 is 0. The zero-order valence-corrected chi connectivity index (χ0v) is 8.85. The molecule has 1 aromatic heterocycles. The van der Waals surface area contributed by atoms with Gasteiger partial charge in [-0.1, -0.05) is 6.07 Å². The van der Waals surface area contributed by atoms with Crippen LogP contribution in [-0.4, -0.2) is 35.8 Å². The lowest BCUT2D eigenvalue weighted by Gasteiger charge is -2.38. The van der Waals surface area contributed by atoms with Gasteiger partial charge in [-0.25, -0.2) is 0 Å². The van der Waals surface area contributed by atoms with Crippen molar-refractivity contribution in [2.24, 2.45) is 5.41 Å². The Kier molecular flexibility index (Phi) is 3.17. The summed E-state index contributed by atoms with van der Waals surface area (Å²) in [4.78, 5) is 15.7. The highest BCUT2D eigenvalue weighted by molar-refractivity contribution is 5.83. The third kappa shape index (κ3) is 2.05. The molecule has 1 aliphatic rings. The smallest absolute Gasteiger partial charge is 0.233 e. The number of hydrogen-bond donors (Lipinski definition) is 2. The fourth-order valence-electron chi connectivity index (χ4n) is 1.52. The van der Waals surface area contributed by atoms with Crippen molar-refractivity contribution in [1.29, 1.82) is 0 Å². The maximum atomic E-state index is 11.8. The second-order valence-electron chi connectivity index (χ2n) is 3.98. The second-order valence-corrected chi connectivity index (χ2v) is 3.98. The molecule has 0 bridgehead atoms. The van der Waals surface area contributed by atoms with Crippen molar-refractivity contribution < 1.29 is 14.6 Å². The minimum atomic E-state index is -0.734. The molecule has 1 amide bonds. The zero-order valence-electron chi connectivity index (χ0n) is 8.85. The van der Waals surface area contributed by atoms with E-state index in [-0.39, 0.29) is 12.5 Å². The van der Waals surface area contributed by atoms with Crippen LogP contribution in [0.4, 0.5) is 0 Å². The van der Waals surface area contributed by atoms with Gasteiger partial charge in [0, 0.05) is 18.9 Å². The van der Waals surface area contributed by atoms with Gasteiger partial charge in [0.2, 0.25) is 5.91 Å². The molecule has 0 unspecified atom stereocenters. The molecule has 0 atom stereocenters. The molecule has 2 rings (SSSR count). The monoisotopic (exact) mass is 222 g/mol. The molecule has 0 aliphatic carbocycles. The molecule has 1 aromatic rings. The topological polar surface area (TPSA) is 71.5 Å². The van der Waals surface area contributed by atoms with E-state index < -0.39 is 5.41 Å². The number of nitrogens with zero attached hydrogens (tertiary/aromatic N) is 1. The van der Waals surface area contributed by atoms with E-state index in [1.165, 1.54) is 0 Å². The first-order valence-electron chi connectivity index (χ1n) is 5.13. The van der Waals surface area contributed by atoms with Crippen molar-refractivity contribution >= 4 is 5.91 Å². The fraction of sp³-hybridized carbons (Fsp3) is 0.455. The van der Waals surface area contributed by atoms with E-state index in [0.29, 0.717) is 19.8 Å². The third-order valence-corrected chi connectivity index (χ3v) is 2.72. The minimum Gasteiger partial charge on any atom is -0.395 e. The molecule has 2 heterocycles. The van der Waals surface area contributed by atoms with Gasteiger partial charge in [-0.3, -0.25) is 9.78 Å². The van der Waals surface area contributed by atoms with Crippen LogP contribution in [0.1, 0.15) is 5.56 Å². The van der Waals surface area contributed by atoms with Gasteiger partial charge in [-0.2, -0.15) is 0 Å². The van der Waals surface area contributed by atoms with Crippen LogP contribution >= 0.6 is 0 Å². The Morgan fingerprint density at radius 1 is 1.62 bits per heavy atom. The number of ether oxygens (including phenoxy) is 1. The Bertz CT molecular complexity index is 357.